The van der Waals surface area contributed by atoms with Crippen LogP contribution in [0.2, 0.25) is 0 Å². The van der Waals surface area contributed by atoms with Crippen LogP contribution in [0.3, 0.4) is 0 Å². The Morgan fingerprint density at radius 2 is 1.87 bits per heavy atom. The topological polar surface area (TPSA) is 24.5 Å². The van der Waals surface area contributed by atoms with Gasteiger partial charge < -0.3 is 10.1 Å². The maximum absolute atomic E-state index is 5.61. The summed E-state index contributed by atoms with van der Waals surface area (Å²) in [6.07, 6.45) is 6.87. The van der Waals surface area contributed by atoms with Gasteiger partial charge in [-0.2, -0.15) is 0 Å². The Hall–Kier alpha value is -0.120. The fourth-order valence-electron chi connectivity index (χ4n) is 3.35. The number of nitrogens with zero attached hydrogens (tertiary/aromatic N) is 1. The lowest BCUT2D eigenvalue weighted by Gasteiger charge is -2.38. The SMILES string of the molecule is C1CC[C@H](CN2C3CCC2COC3)NC1. The van der Waals surface area contributed by atoms with Gasteiger partial charge in [-0.05, 0) is 32.2 Å². The molecule has 2 unspecified atom stereocenters. The molecule has 0 aromatic heterocycles. The van der Waals surface area contributed by atoms with E-state index in [-0.39, 0.29) is 0 Å². The number of piperidine rings is 1. The Balaban J connectivity index is 1.57. The van der Waals surface area contributed by atoms with E-state index in [1.165, 1.54) is 45.2 Å². The van der Waals surface area contributed by atoms with Crippen LogP contribution in [0, 0.1) is 0 Å². The average Bonchev–Trinajstić information content (AvgIpc) is 2.53. The lowest BCUT2D eigenvalue weighted by atomic mass is 10.0. The molecule has 0 amide bonds. The first-order valence-electron chi connectivity index (χ1n) is 6.50. The highest BCUT2D eigenvalue weighted by Crippen LogP contribution is 2.29. The molecule has 3 nitrogen and oxygen atoms in total. The second-order valence-corrected chi connectivity index (χ2v) is 5.27. The quantitative estimate of drug-likeness (QED) is 0.735. The molecule has 3 atom stereocenters. The average molecular weight is 210 g/mol. The molecular weight excluding hydrogens is 188 g/mol. The van der Waals surface area contributed by atoms with E-state index in [0.29, 0.717) is 0 Å². The number of morpholine rings is 1. The van der Waals surface area contributed by atoms with Crippen molar-refractivity contribution < 1.29 is 4.74 Å². The summed E-state index contributed by atoms with van der Waals surface area (Å²) < 4.78 is 5.61. The van der Waals surface area contributed by atoms with Gasteiger partial charge in [0.15, 0.2) is 0 Å². The van der Waals surface area contributed by atoms with Gasteiger partial charge >= 0.3 is 0 Å². The van der Waals surface area contributed by atoms with E-state index < -0.39 is 0 Å². The van der Waals surface area contributed by atoms with Crippen molar-refractivity contribution in [2.24, 2.45) is 0 Å². The van der Waals surface area contributed by atoms with Crippen molar-refractivity contribution in [3.05, 3.63) is 0 Å². The zero-order valence-corrected chi connectivity index (χ0v) is 9.45. The van der Waals surface area contributed by atoms with E-state index in [0.717, 1.165) is 31.3 Å². The number of ether oxygens (including phenoxy) is 1. The van der Waals surface area contributed by atoms with E-state index in [1.807, 2.05) is 0 Å². The van der Waals surface area contributed by atoms with E-state index in [9.17, 15) is 0 Å². The molecule has 15 heavy (non-hydrogen) atoms. The molecule has 0 radical (unpaired) electrons. The molecule has 0 aromatic carbocycles. The predicted octanol–water partition coefficient (Wildman–Crippen LogP) is 0.992. The second-order valence-electron chi connectivity index (χ2n) is 5.27. The van der Waals surface area contributed by atoms with Crippen LogP contribution in [0.5, 0.6) is 0 Å². The summed E-state index contributed by atoms with van der Waals surface area (Å²) >= 11 is 0. The van der Waals surface area contributed by atoms with Crippen LogP contribution in [0.4, 0.5) is 0 Å². The summed E-state index contributed by atoms with van der Waals surface area (Å²) in [5, 5.41) is 3.65. The van der Waals surface area contributed by atoms with Crippen molar-refractivity contribution in [3.63, 3.8) is 0 Å². The number of fused-ring (bicyclic) bond motifs is 2. The minimum Gasteiger partial charge on any atom is -0.378 e. The van der Waals surface area contributed by atoms with Gasteiger partial charge in [0, 0.05) is 24.7 Å². The van der Waals surface area contributed by atoms with Crippen molar-refractivity contribution in [3.8, 4) is 0 Å². The predicted molar refractivity (Wildman–Crippen MR) is 60.0 cm³/mol. The van der Waals surface area contributed by atoms with Crippen molar-refractivity contribution >= 4 is 0 Å². The van der Waals surface area contributed by atoms with Crippen molar-refractivity contribution in [2.75, 3.05) is 26.3 Å². The molecule has 3 rings (SSSR count). The van der Waals surface area contributed by atoms with Gasteiger partial charge in [-0.3, -0.25) is 4.90 Å². The van der Waals surface area contributed by atoms with Gasteiger partial charge in [-0.1, -0.05) is 6.42 Å². The smallest absolute Gasteiger partial charge is 0.0622 e. The second kappa shape index (κ2) is 4.40. The van der Waals surface area contributed by atoms with Crippen molar-refractivity contribution in [2.45, 2.75) is 50.2 Å². The van der Waals surface area contributed by atoms with Crippen molar-refractivity contribution in [1.82, 2.24) is 10.2 Å². The molecule has 3 heterocycles. The van der Waals surface area contributed by atoms with Gasteiger partial charge in [-0.25, -0.2) is 0 Å². The van der Waals surface area contributed by atoms with Gasteiger partial charge in [0.05, 0.1) is 13.2 Å². The third-order valence-corrected chi connectivity index (χ3v) is 4.24. The van der Waals surface area contributed by atoms with Gasteiger partial charge in [-0.15, -0.1) is 0 Å². The van der Waals surface area contributed by atoms with Crippen LogP contribution in [0.15, 0.2) is 0 Å². The number of rotatable bonds is 2. The first-order chi connectivity index (χ1) is 7.43. The summed E-state index contributed by atoms with van der Waals surface area (Å²) in [5.41, 5.74) is 0. The zero-order chi connectivity index (χ0) is 10.1. The van der Waals surface area contributed by atoms with Crippen LogP contribution in [-0.2, 0) is 4.74 Å². The largest absolute Gasteiger partial charge is 0.378 e. The summed E-state index contributed by atoms with van der Waals surface area (Å²) in [6, 6.07) is 2.21. The summed E-state index contributed by atoms with van der Waals surface area (Å²) in [4.78, 5) is 2.71. The first-order valence-corrected chi connectivity index (χ1v) is 6.50. The molecule has 0 saturated carbocycles. The molecule has 86 valence electrons. The first kappa shape index (κ1) is 10.1. The Morgan fingerprint density at radius 3 is 2.53 bits per heavy atom. The number of nitrogens with one attached hydrogen (secondary N) is 1. The van der Waals surface area contributed by atoms with Crippen molar-refractivity contribution in [1.29, 1.82) is 0 Å². The van der Waals surface area contributed by atoms with Gasteiger partial charge in [0.25, 0.3) is 0 Å². The lowest BCUT2D eigenvalue weighted by molar-refractivity contribution is -0.0195. The normalized spacial score (nSPS) is 42.0. The molecule has 3 heteroatoms. The minimum absolute atomic E-state index is 0.729. The Bertz CT molecular complexity index is 200. The van der Waals surface area contributed by atoms with Gasteiger partial charge in [0.1, 0.15) is 0 Å². The molecule has 3 aliphatic heterocycles. The molecule has 0 aromatic rings. The summed E-state index contributed by atoms with van der Waals surface area (Å²) in [6.45, 7) is 4.44. The third-order valence-electron chi connectivity index (χ3n) is 4.24. The van der Waals surface area contributed by atoms with E-state index in [2.05, 4.69) is 10.2 Å². The molecule has 0 aliphatic carbocycles. The van der Waals surface area contributed by atoms with Crippen LogP contribution < -0.4 is 5.32 Å². The molecule has 3 saturated heterocycles. The van der Waals surface area contributed by atoms with Gasteiger partial charge in [0.2, 0.25) is 0 Å². The van der Waals surface area contributed by atoms with Crippen LogP contribution in [0.25, 0.3) is 0 Å². The highest BCUT2D eigenvalue weighted by Gasteiger charge is 2.38. The molecule has 3 aliphatic rings. The standard InChI is InChI=1S/C12H22N2O/c1-2-6-13-10(3-1)7-14-11-4-5-12(14)9-15-8-11/h10-13H,1-9H2/t10-,11?,12?/m1/s1. The molecule has 2 bridgehead atoms. The molecule has 3 fully saturated rings. The highest BCUT2D eigenvalue weighted by atomic mass is 16.5. The summed E-state index contributed by atoms with van der Waals surface area (Å²) in [7, 11) is 0. The highest BCUT2D eigenvalue weighted by molar-refractivity contribution is 4.93. The molecule has 1 N–H and O–H groups in total. The van der Waals surface area contributed by atoms with Crippen LogP contribution >= 0.6 is 0 Å². The minimum atomic E-state index is 0.729. The third kappa shape index (κ3) is 2.05. The van der Waals surface area contributed by atoms with Crippen LogP contribution in [-0.4, -0.2) is 49.3 Å². The summed E-state index contributed by atoms with van der Waals surface area (Å²) in [5.74, 6) is 0. The van der Waals surface area contributed by atoms with E-state index in [1.54, 1.807) is 0 Å². The maximum Gasteiger partial charge on any atom is 0.0622 e. The maximum atomic E-state index is 5.61. The molecular formula is C12H22N2O. The van der Waals surface area contributed by atoms with Crippen LogP contribution in [0.1, 0.15) is 32.1 Å². The van der Waals surface area contributed by atoms with E-state index >= 15 is 0 Å². The number of hydrogen-bond acceptors (Lipinski definition) is 3. The zero-order valence-electron chi connectivity index (χ0n) is 9.45. The fourth-order valence-corrected chi connectivity index (χ4v) is 3.35. The fraction of sp³-hybridized carbons (Fsp3) is 1.00. The Labute approximate surface area is 92.2 Å². The Kier molecular flexibility index (Phi) is 2.95. The lowest BCUT2D eigenvalue weighted by Crippen LogP contribution is -2.52. The van der Waals surface area contributed by atoms with E-state index in [4.69, 9.17) is 4.74 Å². The number of hydrogen-bond donors (Lipinski definition) is 1. The monoisotopic (exact) mass is 210 g/mol. The Morgan fingerprint density at radius 1 is 1.07 bits per heavy atom. The molecule has 0 spiro atoms.